The number of aryl methyl sites for hydroxylation is 1. The summed E-state index contributed by atoms with van der Waals surface area (Å²) in [5, 5.41) is 6.22. The number of carbonyl (C=O) groups is 1. The molecule has 11 heteroatoms. The largest absolute Gasteiger partial charge is 0.492 e. The summed E-state index contributed by atoms with van der Waals surface area (Å²) in [4.78, 5) is 37.0. The van der Waals surface area contributed by atoms with Crippen molar-refractivity contribution in [2.75, 3.05) is 67.8 Å². The standard InChI is InChI=1S/C29H39N9O2/c1-9-25(39)33-20-15-21(24(40-10-2)16-23(20)37(8)14-13-36(6)7)34-27-30-18-31-28(35-27)38-17-29(4,5)26-22(38)12-11-19(3)32-26/h9,11-12,15-16,18H,1,10,13-14,17H2,2-8H3,(H,33,39)(H,30,31,34,35). The number of anilines is 6. The van der Waals surface area contributed by atoms with E-state index in [2.05, 4.69) is 61.8 Å². The van der Waals surface area contributed by atoms with E-state index < -0.39 is 0 Å². The average molecular weight is 546 g/mol. The number of likely N-dealkylation sites (N-methyl/N-ethyl adjacent to an activating group) is 2. The molecule has 0 bridgehead atoms. The predicted molar refractivity (Wildman–Crippen MR) is 160 cm³/mol. The molecule has 40 heavy (non-hydrogen) atoms. The van der Waals surface area contributed by atoms with Crippen molar-refractivity contribution in [2.24, 2.45) is 0 Å². The van der Waals surface area contributed by atoms with Crippen LogP contribution < -0.4 is 25.2 Å². The number of ether oxygens (including phenoxy) is 1. The van der Waals surface area contributed by atoms with E-state index in [4.69, 9.17) is 14.7 Å². The van der Waals surface area contributed by atoms with E-state index in [0.717, 1.165) is 35.9 Å². The summed E-state index contributed by atoms with van der Waals surface area (Å²) >= 11 is 0. The van der Waals surface area contributed by atoms with Gasteiger partial charge in [-0.15, -0.1) is 0 Å². The van der Waals surface area contributed by atoms with E-state index in [-0.39, 0.29) is 11.3 Å². The number of rotatable bonds is 11. The third kappa shape index (κ3) is 6.31. The van der Waals surface area contributed by atoms with Crippen LogP contribution in [0.4, 0.5) is 34.6 Å². The van der Waals surface area contributed by atoms with E-state index in [1.54, 1.807) is 0 Å². The van der Waals surface area contributed by atoms with Crippen molar-refractivity contribution in [3.05, 3.63) is 54.6 Å². The number of aromatic nitrogens is 4. The molecule has 2 N–H and O–H groups in total. The third-order valence-electron chi connectivity index (χ3n) is 6.68. The van der Waals surface area contributed by atoms with Crippen molar-refractivity contribution in [1.29, 1.82) is 0 Å². The molecule has 1 aliphatic rings. The molecule has 0 spiro atoms. The first-order valence-electron chi connectivity index (χ1n) is 13.3. The second-order valence-electron chi connectivity index (χ2n) is 10.7. The van der Waals surface area contributed by atoms with Gasteiger partial charge in [-0.2, -0.15) is 4.98 Å². The summed E-state index contributed by atoms with van der Waals surface area (Å²) in [6, 6.07) is 7.81. The van der Waals surface area contributed by atoms with Gasteiger partial charge in [0.25, 0.3) is 0 Å². The summed E-state index contributed by atoms with van der Waals surface area (Å²) in [6.45, 7) is 14.6. The van der Waals surface area contributed by atoms with Crippen LogP contribution in [-0.4, -0.2) is 78.1 Å². The first-order chi connectivity index (χ1) is 19.0. The number of carbonyl (C=O) groups excluding carboxylic acids is 1. The second-order valence-corrected chi connectivity index (χ2v) is 10.7. The summed E-state index contributed by atoms with van der Waals surface area (Å²) in [6.07, 6.45) is 2.73. The molecule has 1 aromatic carbocycles. The minimum atomic E-state index is -0.307. The van der Waals surface area contributed by atoms with Crippen molar-refractivity contribution in [3.63, 3.8) is 0 Å². The molecule has 0 unspecified atom stereocenters. The highest BCUT2D eigenvalue weighted by Crippen LogP contribution is 2.42. The van der Waals surface area contributed by atoms with Crippen LogP contribution in [0.2, 0.25) is 0 Å². The molecule has 212 valence electrons. The lowest BCUT2D eigenvalue weighted by Crippen LogP contribution is -2.29. The molecule has 0 saturated heterocycles. The Labute approximate surface area is 236 Å². The zero-order chi connectivity index (χ0) is 29.0. The Hall–Kier alpha value is -4.25. The van der Waals surface area contributed by atoms with Gasteiger partial charge in [0.05, 0.1) is 35.1 Å². The smallest absolute Gasteiger partial charge is 0.247 e. The van der Waals surface area contributed by atoms with Gasteiger partial charge in [-0.1, -0.05) is 20.4 Å². The molecule has 0 atom stereocenters. The van der Waals surface area contributed by atoms with E-state index in [9.17, 15) is 4.79 Å². The zero-order valence-corrected chi connectivity index (χ0v) is 24.4. The molecule has 0 fully saturated rings. The number of pyridine rings is 1. The highest BCUT2D eigenvalue weighted by molar-refractivity contribution is 6.02. The first-order valence-corrected chi connectivity index (χ1v) is 13.3. The summed E-state index contributed by atoms with van der Waals surface area (Å²) in [5.41, 5.74) is 4.88. The van der Waals surface area contributed by atoms with E-state index in [1.165, 1.54) is 12.4 Å². The predicted octanol–water partition coefficient (Wildman–Crippen LogP) is 4.27. The van der Waals surface area contributed by atoms with Gasteiger partial charge in [0.2, 0.25) is 17.8 Å². The Kier molecular flexibility index (Phi) is 8.53. The molecule has 0 saturated carbocycles. The average Bonchev–Trinajstić information content (AvgIpc) is 3.18. The van der Waals surface area contributed by atoms with Crippen LogP contribution in [0.3, 0.4) is 0 Å². The molecule has 3 heterocycles. The quantitative estimate of drug-likeness (QED) is 0.339. The molecular formula is C29H39N9O2. The van der Waals surface area contributed by atoms with Gasteiger partial charge in [-0.05, 0) is 52.2 Å². The van der Waals surface area contributed by atoms with Crippen molar-refractivity contribution in [2.45, 2.75) is 33.1 Å². The number of hydrogen-bond acceptors (Lipinski definition) is 10. The van der Waals surface area contributed by atoms with Gasteiger partial charge < -0.3 is 30.1 Å². The lowest BCUT2D eigenvalue weighted by molar-refractivity contribution is -0.111. The maximum Gasteiger partial charge on any atom is 0.247 e. The van der Waals surface area contributed by atoms with E-state index in [1.807, 2.05) is 53.2 Å². The van der Waals surface area contributed by atoms with Crippen LogP contribution in [0, 0.1) is 6.92 Å². The minimum Gasteiger partial charge on any atom is -0.492 e. The van der Waals surface area contributed by atoms with Gasteiger partial charge in [0.1, 0.15) is 12.1 Å². The van der Waals surface area contributed by atoms with Gasteiger partial charge in [0.15, 0.2) is 0 Å². The van der Waals surface area contributed by atoms with Gasteiger partial charge >= 0.3 is 0 Å². The third-order valence-corrected chi connectivity index (χ3v) is 6.68. The van der Waals surface area contributed by atoms with Crippen molar-refractivity contribution >= 4 is 40.6 Å². The Bertz CT molecular complexity index is 1390. The monoisotopic (exact) mass is 545 g/mol. The van der Waals surface area contributed by atoms with Crippen LogP contribution in [-0.2, 0) is 10.2 Å². The normalized spacial score (nSPS) is 13.7. The zero-order valence-electron chi connectivity index (χ0n) is 24.4. The topological polar surface area (TPSA) is 112 Å². The Balaban J connectivity index is 1.70. The molecule has 11 nitrogen and oxygen atoms in total. The summed E-state index contributed by atoms with van der Waals surface area (Å²) < 4.78 is 6.00. The fourth-order valence-electron chi connectivity index (χ4n) is 4.61. The molecule has 1 aliphatic heterocycles. The second kappa shape index (κ2) is 11.9. The molecular weight excluding hydrogens is 506 g/mol. The molecule has 2 aromatic heterocycles. The molecule has 3 aromatic rings. The highest BCUT2D eigenvalue weighted by atomic mass is 16.5. The van der Waals surface area contributed by atoms with Crippen molar-refractivity contribution < 1.29 is 9.53 Å². The summed E-state index contributed by atoms with van der Waals surface area (Å²) in [7, 11) is 6.03. The fourth-order valence-corrected chi connectivity index (χ4v) is 4.61. The SMILES string of the molecule is C=CC(=O)Nc1cc(Nc2ncnc(N3CC(C)(C)c4nc(C)ccc43)n2)c(OCC)cc1N(C)CCN(C)C. The van der Waals surface area contributed by atoms with Crippen molar-refractivity contribution in [1.82, 2.24) is 24.8 Å². The Morgan fingerprint density at radius 3 is 2.62 bits per heavy atom. The lowest BCUT2D eigenvalue weighted by Gasteiger charge is -2.26. The van der Waals surface area contributed by atoms with Crippen LogP contribution in [0.15, 0.2) is 43.2 Å². The highest BCUT2D eigenvalue weighted by Gasteiger charge is 2.38. The van der Waals surface area contributed by atoms with Gasteiger partial charge in [-0.3, -0.25) is 9.78 Å². The molecule has 4 rings (SSSR count). The van der Waals surface area contributed by atoms with Gasteiger partial charge in [0, 0.05) is 43.9 Å². The van der Waals surface area contributed by atoms with Crippen LogP contribution in [0.1, 0.15) is 32.2 Å². The van der Waals surface area contributed by atoms with E-state index in [0.29, 0.717) is 42.2 Å². The van der Waals surface area contributed by atoms with Crippen LogP contribution in [0.25, 0.3) is 0 Å². The number of hydrogen-bond donors (Lipinski definition) is 2. The molecule has 0 aliphatic carbocycles. The lowest BCUT2D eigenvalue weighted by atomic mass is 9.91. The Morgan fingerprint density at radius 1 is 1.15 bits per heavy atom. The fraction of sp³-hybridized carbons (Fsp3) is 0.414. The summed E-state index contributed by atoms with van der Waals surface area (Å²) in [5.74, 6) is 1.18. The molecule has 0 radical (unpaired) electrons. The number of amides is 1. The number of fused-ring (bicyclic) bond motifs is 1. The minimum absolute atomic E-state index is 0.156. The number of nitrogens with one attached hydrogen (secondary N) is 2. The maximum atomic E-state index is 12.3. The number of benzene rings is 1. The van der Waals surface area contributed by atoms with Crippen molar-refractivity contribution in [3.8, 4) is 5.75 Å². The first kappa shape index (κ1) is 28.8. The number of nitrogens with zero attached hydrogens (tertiary/aromatic N) is 7. The molecule has 1 amide bonds. The van der Waals surface area contributed by atoms with Crippen LogP contribution in [0.5, 0.6) is 5.75 Å². The Morgan fingerprint density at radius 2 is 1.93 bits per heavy atom. The van der Waals surface area contributed by atoms with Gasteiger partial charge in [-0.25, -0.2) is 9.97 Å². The van der Waals surface area contributed by atoms with Crippen LogP contribution >= 0.6 is 0 Å². The van der Waals surface area contributed by atoms with E-state index >= 15 is 0 Å². The maximum absolute atomic E-state index is 12.3.